The van der Waals surface area contributed by atoms with Crippen molar-refractivity contribution in [3.8, 4) is 0 Å². The monoisotopic (exact) mass is 371 g/mol. The molecule has 1 heterocycles. The van der Waals surface area contributed by atoms with Crippen molar-refractivity contribution in [3.63, 3.8) is 0 Å². The van der Waals surface area contributed by atoms with E-state index in [0.717, 1.165) is 5.56 Å². The molecule has 26 heavy (non-hydrogen) atoms. The summed E-state index contributed by atoms with van der Waals surface area (Å²) >= 11 is 0. The molecule has 1 amide bonds. The fourth-order valence-electron chi connectivity index (χ4n) is 2.86. The molecule has 0 saturated heterocycles. The van der Waals surface area contributed by atoms with Crippen molar-refractivity contribution in [1.82, 2.24) is 9.62 Å². The Kier molecular flexibility index (Phi) is 5.08. The second-order valence-corrected chi connectivity index (χ2v) is 7.82. The lowest BCUT2D eigenvalue weighted by Gasteiger charge is -2.25. The molecular formula is C19H21N3O3S. The molecule has 0 unspecified atom stereocenters. The molecule has 0 aromatic heterocycles. The standard InChI is InChI=1S/C19H21N3O3S/c1-14(15-8-4-3-5-9-15)22(2)18(23)12-13-20-19-16-10-6-7-11-17(16)26(24,25)21-19/h3-11,14H,12-13H2,1-2H3,(H,20,21)/t14-/m1/s1. The fraction of sp³-hybridized carbons (Fsp3) is 0.263. The number of hydrogen-bond donors (Lipinski definition) is 1. The molecule has 1 atom stereocenters. The quantitative estimate of drug-likeness (QED) is 0.876. The Balaban J connectivity index is 1.65. The third-order valence-electron chi connectivity index (χ3n) is 4.51. The van der Waals surface area contributed by atoms with E-state index in [1.54, 1.807) is 36.2 Å². The number of rotatable bonds is 5. The predicted molar refractivity (Wildman–Crippen MR) is 100 cm³/mol. The average molecular weight is 371 g/mol. The van der Waals surface area contributed by atoms with Crippen LogP contribution in [0.2, 0.25) is 0 Å². The molecule has 1 aliphatic heterocycles. The second-order valence-electron chi connectivity index (χ2n) is 6.17. The molecule has 0 fully saturated rings. The van der Waals surface area contributed by atoms with E-state index < -0.39 is 10.0 Å². The van der Waals surface area contributed by atoms with Crippen molar-refractivity contribution >= 4 is 21.8 Å². The Morgan fingerprint density at radius 1 is 1.12 bits per heavy atom. The molecule has 136 valence electrons. The maximum atomic E-state index is 12.4. The summed E-state index contributed by atoms with van der Waals surface area (Å²) in [6, 6.07) is 16.4. The molecule has 6 nitrogen and oxygen atoms in total. The van der Waals surface area contributed by atoms with Crippen molar-refractivity contribution in [2.75, 3.05) is 13.6 Å². The van der Waals surface area contributed by atoms with Gasteiger partial charge < -0.3 is 4.90 Å². The minimum absolute atomic E-state index is 0.0398. The van der Waals surface area contributed by atoms with Crippen LogP contribution in [0.3, 0.4) is 0 Å². The van der Waals surface area contributed by atoms with E-state index >= 15 is 0 Å². The molecule has 2 aromatic carbocycles. The van der Waals surface area contributed by atoms with Gasteiger partial charge in [0.25, 0.3) is 10.0 Å². The van der Waals surface area contributed by atoms with Crippen LogP contribution in [0.4, 0.5) is 0 Å². The summed E-state index contributed by atoms with van der Waals surface area (Å²) in [6.45, 7) is 2.19. The van der Waals surface area contributed by atoms with E-state index in [-0.39, 0.29) is 29.8 Å². The lowest BCUT2D eigenvalue weighted by atomic mass is 10.1. The number of amidine groups is 1. The van der Waals surface area contributed by atoms with Crippen LogP contribution in [0.15, 0.2) is 64.5 Å². The van der Waals surface area contributed by atoms with E-state index in [1.165, 1.54) is 0 Å². The second kappa shape index (κ2) is 7.29. The van der Waals surface area contributed by atoms with Crippen LogP contribution in [0, 0.1) is 0 Å². The van der Waals surface area contributed by atoms with Gasteiger partial charge in [-0.15, -0.1) is 0 Å². The first-order chi connectivity index (χ1) is 12.4. The van der Waals surface area contributed by atoms with Gasteiger partial charge in [-0.25, -0.2) is 8.42 Å². The number of nitrogens with zero attached hydrogens (tertiary/aromatic N) is 2. The van der Waals surface area contributed by atoms with Crippen molar-refractivity contribution < 1.29 is 13.2 Å². The molecule has 0 saturated carbocycles. The van der Waals surface area contributed by atoms with E-state index in [9.17, 15) is 13.2 Å². The van der Waals surface area contributed by atoms with Gasteiger partial charge in [0.1, 0.15) is 5.84 Å². The molecule has 0 aliphatic carbocycles. The summed E-state index contributed by atoms with van der Waals surface area (Å²) in [6.07, 6.45) is 0.209. The third kappa shape index (κ3) is 3.62. The van der Waals surface area contributed by atoms with Gasteiger partial charge >= 0.3 is 0 Å². The molecule has 3 rings (SSSR count). The van der Waals surface area contributed by atoms with Gasteiger partial charge in [-0.2, -0.15) is 0 Å². The van der Waals surface area contributed by atoms with E-state index in [4.69, 9.17) is 0 Å². The average Bonchev–Trinajstić information content (AvgIpc) is 2.92. The Hall–Kier alpha value is -2.67. The number of carbonyl (C=O) groups is 1. The van der Waals surface area contributed by atoms with Crippen molar-refractivity contribution in [2.45, 2.75) is 24.3 Å². The Morgan fingerprint density at radius 2 is 1.77 bits per heavy atom. The normalized spacial score (nSPS) is 17.4. The van der Waals surface area contributed by atoms with Crippen molar-refractivity contribution in [3.05, 3.63) is 65.7 Å². The molecule has 1 aliphatic rings. The number of nitrogens with one attached hydrogen (secondary N) is 1. The highest BCUT2D eigenvalue weighted by Crippen LogP contribution is 2.22. The Labute approximate surface area is 153 Å². The lowest BCUT2D eigenvalue weighted by molar-refractivity contribution is -0.131. The van der Waals surface area contributed by atoms with E-state index in [2.05, 4.69) is 9.71 Å². The topological polar surface area (TPSA) is 78.8 Å². The molecular weight excluding hydrogens is 350 g/mol. The van der Waals surface area contributed by atoms with Gasteiger partial charge in [0.15, 0.2) is 0 Å². The number of hydrogen-bond acceptors (Lipinski definition) is 4. The zero-order valence-corrected chi connectivity index (χ0v) is 15.5. The van der Waals surface area contributed by atoms with Crippen LogP contribution in [0.5, 0.6) is 0 Å². The molecule has 1 N–H and O–H groups in total. The van der Waals surface area contributed by atoms with Crippen LogP contribution >= 0.6 is 0 Å². The number of sulfonamides is 1. The summed E-state index contributed by atoms with van der Waals surface area (Å²) in [7, 11) is -1.78. The minimum atomic E-state index is -3.55. The number of amides is 1. The van der Waals surface area contributed by atoms with Crippen LogP contribution in [0.25, 0.3) is 0 Å². The Morgan fingerprint density at radius 3 is 2.50 bits per heavy atom. The first kappa shape index (κ1) is 18.1. The summed E-state index contributed by atoms with van der Waals surface area (Å²) in [4.78, 5) is 18.6. The van der Waals surface area contributed by atoms with Gasteiger partial charge in [0.05, 0.1) is 17.5 Å². The zero-order chi connectivity index (χ0) is 18.7. The first-order valence-corrected chi connectivity index (χ1v) is 9.86. The number of aliphatic imine (C=N–C) groups is 1. The first-order valence-electron chi connectivity index (χ1n) is 8.37. The summed E-state index contributed by atoms with van der Waals surface area (Å²) in [5.74, 6) is 0.256. The number of benzene rings is 2. The highest BCUT2D eigenvalue weighted by molar-refractivity contribution is 7.90. The Bertz CT molecular complexity index is 940. The SMILES string of the molecule is C[C@H](c1ccccc1)N(C)C(=O)CCN=C1NS(=O)(=O)c2ccccc21. The molecule has 0 radical (unpaired) electrons. The van der Waals surface area contributed by atoms with Gasteiger partial charge in [-0.3, -0.25) is 14.5 Å². The third-order valence-corrected chi connectivity index (χ3v) is 5.91. The van der Waals surface area contributed by atoms with E-state index in [0.29, 0.717) is 11.4 Å². The summed E-state index contributed by atoms with van der Waals surface area (Å²) in [5, 5.41) is 0. The maximum Gasteiger partial charge on any atom is 0.263 e. The van der Waals surface area contributed by atoms with Crippen LogP contribution in [0.1, 0.15) is 30.5 Å². The number of carbonyl (C=O) groups excluding carboxylic acids is 1. The molecule has 2 aromatic rings. The van der Waals surface area contributed by atoms with Crippen molar-refractivity contribution in [2.24, 2.45) is 4.99 Å². The predicted octanol–water partition coefficient (Wildman–Crippen LogP) is 2.33. The van der Waals surface area contributed by atoms with Gasteiger partial charge in [0, 0.05) is 19.0 Å². The summed E-state index contributed by atoms with van der Waals surface area (Å²) in [5.41, 5.74) is 1.61. The van der Waals surface area contributed by atoms with Crippen LogP contribution < -0.4 is 4.72 Å². The van der Waals surface area contributed by atoms with Crippen LogP contribution in [-0.4, -0.2) is 38.7 Å². The highest BCUT2D eigenvalue weighted by atomic mass is 32.2. The van der Waals surface area contributed by atoms with Crippen LogP contribution in [-0.2, 0) is 14.8 Å². The van der Waals surface area contributed by atoms with Gasteiger partial charge in [-0.1, -0.05) is 42.5 Å². The smallest absolute Gasteiger partial charge is 0.263 e. The maximum absolute atomic E-state index is 12.4. The molecule has 0 bridgehead atoms. The van der Waals surface area contributed by atoms with Crippen molar-refractivity contribution in [1.29, 1.82) is 0 Å². The highest BCUT2D eigenvalue weighted by Gasteiger charge is 2.30. The summed E-state index contributed by atoms with van der Waals surface area (Å²) < 4.78 is 26.5. The van der Waals surface area contributed by atoms with Gasteiger partial charge in [0.2, 0.25) is 5.91 Å². The van der Waals surface area contributed by atoms with Gasteiger partial charge in [-0.05, 0) is 24.6 Å². The molecule has 7 heteroatoms. The largest absolute Gasteiger partial charge is 0.339 e. The zero-order valence-electron chi connectivity index (χ0n) is 14.7. The number of fused-ring (bicyclic) bond motifs is 1. The fourth-order valence-corrected chi connectivity index (χ4v) is 4.11. The molecule has 0 spiro atoms. The minimum Gasteiger partial charge on any atom is -0.339 e. The lowest BCUT2D eigenvalue weighted by Crippen LogP contribution is -2.30. The van der Waals surface area contributed by atoms with E-state index in [1.807, 2.05) is 37.3 Å².